The number of halogens is 2. The van der Waals surface area contributed by atoms with Crippen LogP contribution in [0.2, 0.25) is 10.0 Å². The molecule has 150 valence electrons. The first kappa shape index (κ1) is 19.7. The van der Waals surface area contributed by atoms with Crippen LogP contribution < -0.4 is 10.2 Å². The van der Waals surface area contributed by atoms with Crippen molar-refractivity contribution in [3.63, 3.8) is 0 Å². The molecule has 1 N–H and O–H groups in total. The first-order valence-electron chi connectivity index (χ1n) is 9.38. The minimum absolute atomic E-state index is 0.0227. The number of likely N-dealkylation sites (N-methyl/N-ethyl adjacent to an activating group) is 1. The summed E-state index contributed by atoms with van der Waals surface area (Å²) in [4.78, 5) is 11.4. The van der Waals surface area contributed by atoms with E-state index in [1.54, 1.807) is 6.07 Å². The minimum Gasteiger partial charge on any atom is -0.463 e. The lowest BCUT2D eigenvalue weighted by Crippen LogP contribution is -2.32. The van der Waals surface area contributed by atoms with Crippen molar-refractivity contribution >= 4 is 40.9 Å². The third-order valence-corrected chi connectivity index (χ3v) is 5.46. The van der Waals surface area contributed by atoms with E-state index in [1.165, 1.54) is 0 Å². The summed E-state index contributed by atoms with van der Waals surface area (Å²) in [5, 5.41) is 4.05. The van der Waals surface area contributed by atoms with Gasteiger partial charge in [0.1, 0.15) is 25.3 Å². The molecule has 0 spiro atoms. The number of amidine groups is 2. The Morgan fingerprint density at radius 2 is 1.93 bits per heavy atom. The molecule has 2 atom stereocenters. The fraction of sp³-hybridized carbons (Fsp3) is 0.333. The largest absolute Gasteiger partial charge is 0.463 e. The summed E-state index contributed by atoms with van der Waals surface area (Å²) in [6, 6.07) is 17.9. The maximum atomic E-state index is 6.10. The number of ether oxygens (including phenoxy) is 2. The van der Waals surface area contributed by atoms with Gasteiger partial charge in [0, 0.05) is 24.8 Å². The van der Waals surface area contributed by atoms with Crippen molar-refractivity contribution in [2.75, 3.05) is 31.2 Å². The maximum Gasteiger partial charge on any atom is 0.293 e. The second kappa shape index (κ2) is 8.81. The fourth-order valence-corrected chi connectivity index (χ4v) is 3.52. The summed E-state index contributed by atoms with van der Waals surface area (Å²) >= 11 is 12.1. The van der Waals surface area contributed by atoms with Gasteiger partial charge in [0.25, 0.3) is 12.0 Å². The zero-order valence-corrected chi connectivity index (χ0v) is 17.4. The van der Waals surface area contributed by atoms with Gasteiger partial charge in [-0.15, -0.1) is 0 Å². The summed E-state index contributed by atoms with van der Waals surface area (Å²) in [7, 11) is 0. The van der Waals surface area contributed by atoms with E-state index < -0.39 is 0 Å². The van der Waals surface area contributed by atoms with E-state index in [0.717, 1.165) is 24.3 Å². The number of hydrogen-bond donors (Lipinski definition) is 1. The van der Waals surface area contributed by atoms with E-state index >= 15 is 0 Å². The van der Waals surface area contributed by atoms with Crippen molar-refractivity contribution in [2.45, 2.75) is 19.0 Å². The first-order valence-corrected chi connectivity index (χ1v) is 10.1. The molecule has 0 aliphatic carbocycles. The molecule has 0 saturated heterocycles. The van der Waals surface area contributed by atoms with Gasteiger partial charge in [-0.3, -0.25) is 5.32 Å². The number of nitrogens with zero attached hydrogens (tertiary/aromatic N) is 3. The standard InChI is InChI=1S/C21H20Cl2N4O2/c1-2-27(16-6-4-3-5-7-16)11-15-12-28-20(24-15)26-21-25-19(13-29-21)14-8-9-17(22)18(23)10-14/h4,6-10,15,19H,2,11-13H2,1H3,(H,24,25,26)/t15-,19+/m0/s1. The molecule has 0 fully saturated rings. The van der Waals surface area contributed by atoms with Gasteiger partial charge in [-0.2, -0.15) is 0 Å². The highest BCUT2D eigenvalue weighted by Gasteiger charge is 2.26. The predicted molar refractivity (Wildman–Crippen MR) is 115 cm³/mol. The zero-order valence-electron chi connectivity index (χ0n) is 15.9. The summed E-state index contributed by atoms with van der Waals surface area (Å²) < 4.78 is 11.3. The van der Waals surface area contributed by atoms with E-state index in [4.69, 9.17) is 32.7 Å². The molecular formula is C21H20Cl2N4O2. The number of anilines is 1. The molecule has 0 amide bonds. The fourth-order valence-electron chi connectivity index (χ4n) is 3.21. The smallest absolute Gasteiger partial charge is 0.293 e. The van der Waals surface area contributed by atoms with Crippen LogP contribution in [0.4, 0.5) is 5.69 Å². The predicted octanol–water partition coefficient (Wildman–Crippen LogP) is 3.89. The van der Waals surface area contributed by atoms with Gasteiger partial charge in [0.2, 0.25) is 0 Å². The van der Waals surface area contributed by atoms with Crippen molar-refractivity contribution in [3.8, 4) is 0 Å². The Morgan fingerprint density at radius 3 is 2.69 bits per heavy atom. The van der Waals surface area contributed by atoms with Crippen LogP contribution in [-0.2, 0) is 9.47 Å². The van der Waals surface area contributed by atoms with E-state index in [2.05, 4.69) is 39.3 Å². The maximum absolute atomic E-state index is 6.10. The lowest BCUT2D eigenvalue weighted by molar-refractivity contribution is 0.292. The van der Waals surface area contributed by atoms with Crippen molar-refractivity contribution in [1.82, 2.24) is 5.32 Å². The van der Waals surface area contributed by atoms with Gasteiger partial charge in [0.15, 0.2) is 0 Å². The molecule has 29 heavy (non-hydrogen) atoms. The van der Waals surface area contributed by atoms with Gasteiger partial charge in [-0.1, -0.05) is 41.4 Å². The third kappa shape index (κ3) is 4.69. The van der Waals surface area contributed by atoms with Crippen LogP contribution in [0.1, 0.15) is 18.5 Å². The van der Waals surface area contributed by atoms with Crippen molar-refractivity contribution in [2.24, 2.45) is 9.98 Å². The van der Waals surface area contributed by atoms with Crippen molar-refractivity contribution in [3.05, 3.63) is 64.1 Å². The highest BCUT2D eigenvalue weighted by atomic mass is 35.5. The van der Waals surface area contributed by atoms with Crippen LogP contribution in [0.25, 0.3) is 0 Å². The normalized spacial score (nSPS) is 20.2. The molecule has 0 radical (unpaired) electrons. The van der Waals surface area contributed by atoms with Crippen LogP contribution in [-0.4, -0.2) is 44.4 Å². The van der Waals surface area contributed by atoms with Crippen LogP contribution in [0.5, 0.6) is 0 Å². The molecule has 2 aromatic rings. The number of nitrogens with one attached hydrogen (secondary N) is 1. The monoisotopic (exact) mass is 430 g/mol. The molecule has 8 heteroatoms. The summed E-state index contributed by atoms with van der Waals surface area (Å²) in [6.07, 6.45) is 0. The number of hydrogen-bond acceptors (Lipinski definition) is 6. The molecule has 0 unspecified atom stereocenters. The van der Waals surface area contributed by atoms with Crippen molar-refractivity contribution in [1.29, 1.82) is 0 Å². The van der Waals surface area contributed by atoms with Crippen molar-refractivity contribution < 1.29 is 9.47 Å². The molecule has 4 rings (SSSR count). The van der Waals surface area contributed by atoms with Gasteiger partial charge < -0.3 is 14.4 Å². The summed E-state index contributed by atoms with van der Waals surface area (Å²) in [5.41, 5.74) is 2.04. The topological polar surface area (TPSA) is 58.5 Å². The summed E-state index contributed by atoms with van der Waals surface area (Å²) in [6.45, 7) is 4.65. The Hall–Kier alpha value is -2.62. The quantitative estimate of drug-likeness (QED) is 0.781. The number of rotatable bonds is 5. The molecule has 0 saturated carbocycles. The molecule has 2 aliphatic rings. The Kier molecular flexibility index (Phi) is 5.98. The highest BCUT2D eigenvalue weighted by molar-refractivity contribution is 6.42. The number of aliphatic imine (C=N–C) groups is 2. The first-order chi connectivity index (χ1) is 14.1. The average molecular weight is 431 g/mol. The molecule has 0 aromatic heterocycles. The van der Waals surface area contributed by atoms with Crippen LogP contribution in [0.15, 0.2) is 46.4 Å². The molecule has 0 bridgehead atoms. The van der Waals surface area contributed by atoms with E-state index in [0.29, 0.717) is 35.3 Å². The number of benzene rings is 1. The Labute approximate surface area is 180 Å². The van der Waals surface area contributed by atoms with Crippen LogP contribution >= 0.6 is 23.2 Å². The second-order valence-electron chi connectivity index (χ2n) is 6.69. The zero-order chi connectivity index (χ0) is 20.2. The van der Waals surface area contributed by atoms with E-state index in [9.17, 15) is 0 Å². The van der Waals surface area contributed by atoms with E-state index in [1.807, 2.05) is 30.3 Å². The molecule has 2 aliphatic heterocycles. The van der Waals surface area contributed by atoms with Gasteiger partial charge in [-0.25, -0.2) is 9.98 Å². The third-order valence-electron chi connectivity index (χ3n) is 4.72. The average Bonchev–Trinajstić information content (AvgIpc) is 3.39. The Bertz CT molecular complexity index is 920. The Balaban J connectivity index is 1.37. The second-order valence-corrected chi connectivity index (χ2v) is 7.50. The minimum atomic E-state index is -0.146. The van der Waals surface area contributed by atoms with E-state index in [-0.39, 0.29) is 12.1 Å². The van der Waals surface area contributed by atoms with Crippen LogP contribution in [0, 0.1) is 12.1 Å². The highest BCUT2D eigenvalue weighted by Crippen LogP contribution is 2.29. The molecule has 6 nitrogen and oxygen atoms in total. The molecule has 2 aromatic carbocycles. The van der Waals surface area contributed by atoms with Crippen LogP contribution in [0.3, 0.4) is 0 Å². The summed E-state index contributed by atoms with van der Waals surface area (Å²) in [5.74, 6) is 0. The molecular weight excluding hydrogens is 411 g/mol. The Morgan fingerprint density at radius 1 is 1.10 bits per heavy atom. The molecule has 2 heterocycles. The van der Waals surface area contributed by atoms with Gasteiger partial charge in [0.05, 0.1) is 10.0 Å². The SMILES string of the molecule is CCN(C[C@H]1COC(NC2=N[C@@H](c3ccc(Cl)c(Cl)c3)CO2)=N1)c1cc#ccc1. The lowest BCUT2D eigenvalue weighted by atomic mass is 10.1. The van der Waals surface area contributed by atoms with Gasteiger partial charge >= 0.3 is 0 Å². The lowest BCUT2D eigenvalue weighted by Gasteiger charge is -2.23. The van der Waals surface area contributed by atoms with Gasteiger partial charge in [-0.05, 0) is 36.8 Å².